The van der Waals surface area contributed by atoms with Crippen molar-refractivity contribution < 1.29 is 9.59 Å². The molecular formula is C15H21NO2. The Kier molecular flexibility index (Phi) is 6.12. The van der Waals surface area contributed by atoms with Gasteiger partial charge in [0.1, 0.15) is 5.78 Å². The van der Waals surface area contributed by atoms with Gasteiger partial charge in [-0.25, -0.2) is 0 Å². The average molecular weight is 247 g/mol. The molecule has 1 amide bonds. The lowest BCUT2D eigenvalue weighted by Gasteiger charge is -2.05. The summed E-state index contributed by atoms with van der Waals surface area (Å²) in [6.45, 7) is 3.60. The number of ketones is 1. The van der Waals surface area contributed by atoms with Crippen LogP contribution in [0.1, 0.15) is 45.1 Å². The zero-order chi connectivity index (χ0) is 13.4. The lowest BCUT2D eigenvalue weighted by atomic mass is 10.1. The fraction of sp³-hybridized carbons (Fsp3) is 0.467. The van der Waals surface area contributed by atoms with Gasteiger partial charge in [0.05, 0.1) is 6.42 Å². The molecule has 0 saturated heterocycles. The predicted molar refractivity (Wildman–Crippen MR) is 73.6 cm³/mol. The number of hydrogen-bond donors (Lipinski definition) is 1. The van der Waals surface area contributed by atoms with Crippen LogP contribution in [0.3, 0.4) is 0 Å². The summed E-state index contributed by atoms with van der Waals surface area (Å²) in [5, 5.41) is 2.71. The maximum atomic E-state index is 11.4. The molecular weight excluding hydrogens is 226 g/mol. The van der Waals surface area contributed by atoms with Crippen molar-refractivity contribution in [2.75, 3.05) is 5.32 Å². The maximum Gasteiger partial charge on any atom is 0.231 e. The number of carbonyl (C=O) groups excluding carboxylic acids is 2. The van der Waals surface area contributed by atoms with Crippen molar-refractivity contribution in [1.82, 2.24) is 0 Å². The molecule has 1 rings (SSSR count). The molecule has 0 aromatic heterocycles. The molecule has 0 spiro atoms. The quantitative estimate of drug-likeness (QED) is 0.593. The molecule has 0 saturated carbocycles. The molecule has 0 fully saturated rings. The molecule has 0 unspecified atom stereocenters. The van der Waals surface area contributed by atoms with Gasteiger partial charge in [-0.15, -0.1) is 0 Å². The Morgan fingerprint density at radius 1 is 1.11 bits per heavy atom. The van der Waals surface area contributed by atoms with Crippen LogP contribution < -0.4 is 5.32 Å². The number of aryl methyl sites for hydroxylation is 1. The summed E-state index contributed by atoms with van der Waals surface area (Å²) >= 11 is 0. The number of hydrogen-bond acceptors (Lipinski definition) is 2. The molecule has 1 aromatic carbocycles. The number of amides is 1. The first kappa shape index (κ1) is 14.4. The Labute approximate surface area is 109 Å². The molecule has 1 N–H and O–H groups in total. The Morgan fingerprint density at radius 2 is 1.78 bits per heavy atom. The van der Waals surface area contributed by atoms with Gasteiger partial charge in [-0.3, -0.25) is 9.59 Å². The Bertz CT molecular complexity index is 395. The van der Waals surface area contributed by atoms with E-state index < -0.39 is 0 Å². The average Bonchev–Trinajstić information content (AvgIpc) is 2.30. The number of benzene rings is 1. The first-order valence-electron chi connectivity index (χ1n) is 6.50. The van der Waals surface area contributed by atoms with E-state index in [1.54, 1.807) is 0 Å². The molecule has 0 bridgehead atoms. The minimum atomic E-state index is -0.249. The number of unbranched alkanes of at least 4 members (excludes halogenated alkanes) is 2. The van der Waals surface area contributed by atoms with Crippen molar-refractivity contribution in [3.63, 3.8) is 0 Å². The molecule has 1 aromatic rings. The number of Topliss-reactive ketones (excluding diaryl/α,β-unsaturated/α-hetero) is 1. The third kappa shape index (κ3) is 5.62. The smallest absolute Gasteiger partial charge is 0.231 e. The molecule has 0 aliphatic carbocycles. The van der Waals surface area contributed by atoms with Crippen molar-refractivity contribution in [3.05, 3.63) is 29.8 Å². The topological polar surface area (TPSA) is 46.2 Å². The van der Waals surface area contributed by atoms with Crippen molar-refractivity contribution in [2.24, 2.45) is 0 Å². The van der Waals surface area contributed by atoms with Crippen LogP contribution >= 0.6 is 0 Å². The summed E-state index contributed by atoms with van der Waals surface area (Å²) in [6, 6.07) is 7.83. The van der Waals surface area contributed by atoms with Crippen molar-refractivity contribution in [2.45, 2.75) is 46.0 Å². The number of anilines is 1. The molecule has 0 atom stereocenters. The monoisotopic (exact) mass is 247 g/mol. The van der Waals surface area contributed by atoms with Gasteiger partial charge < -0.3 is 5.32 Å². The van der Waals surface area contributed by atoms with Crippen LogP contribution in [0.4, 0.5) is 5.69 Å². The third-order valence-corrected chi connectivity index (χ3v) is 2.72. The summed E-state index contributed by atoms with van der Waals surface area (Å²) in [5.74, 6) is -0.370. The minimum absolute atomic E-state index is 0.0573. The maximum absolute atomic E-state index is 11.4. The summed E-state index contributed by atoms with van der Waals surface area (Å²) in [4.78, 5) is 22.2. The van der Waals surface area contributed by atoms with Gasteiger partial charge in [-0.2, -0.15) is 0 Å². The van der Waals surface area contributed by atoms with Crippen LogP contribution in [0.2, 0.25) is 0 Å². The second-order valence-electron chi connectivity index (χ2n) is 4.58. The zero-order valence-corrected chi connectivity index (χ0v) is 11.2. The van der Waals surface area contributed by atoms with Crippen LogP contribution in [0.15, 0.2) is 24.3 Å². The van der Waals surface area contributed by atoms with Gasteiger partial charge in [-0.05, 0) is 37.5 Å². The fourth-order valence-corrected chi connectivity index (χ4v) is 1.77. The minimum Gasteiger partial charge on any atom is -0.326 e. The Balaban J connectivity index is 2.44. The molecule has 0 aliphatic heterocycles. The zero-order valence-electron chi connectivity index (χ0n) is 11.2. The first-order valence-corrected chi connectivity index (χ1v) is 6.50. The van der Waals surface area contributed by atoms with E-state index in [1.807, 2.05) is 24.3 Å². The summed E-state index contributed by atoms with van der Waals surface area (Å²) in [5.41, 5.74) is 2.04. The fourth-order valence-electron chi connectivity index (χ4n) is 1.77. The SMILES string of the molecule is CCCCCc1ccc(NC(=O)CC(C)=O)cc1. The summed E-state index contributed by atoms with van der Waals surface area (Å²) in [7, 11) is 0. The van der Waals surface area contributed by atoms with E-state index in [0.717, 1.165) is 12.1 Å². The molecule has 0 aliphatic rings. The van der Waals surface area contributed by atoms with Gasteiger partial charge in [0.25, 0.3) is 0 Å². The van der Waals surface area contributed by atoms with E-state index >= 15 is 0 Å². The van der Waals surface area contributed by atoms with E-state index in [4.69, 9.17) is 0 Å². The van der Waals surface area contributed by atoms with Gasteiger partial charge in [0.15, 0.2) is 0 Å². The van der Waals surface area contributed by atoms with E-state index in [9.17, 15) is 9.59 Å². The standard InChI is InChI=1S/C15H21NO2/c1-3-4-5-6-13-7-9-14(10-8-13)16-15(18)11-12(2)17/h7-10H,3-6,11H2,1-2H3,(H,16,18). The Morgan fingerprint density at radius 3 is 2.33 bits per heavy atom. The van der Waals surface area contributed by atoms with Gasteiger partial charge in [-0.1, -0.05) is 31.9 Å². The lowest BCUT2D eigenvalue weighted by molar-refractivity contribution is -0.124. The van der Waals surface area contributed by atoms with E-state index in [2.05, 4.69) is 12.2 Å². The molecule has 3 heteroatoms. The van der Waals surface area contributed by atoms with Crippen molar-refractivity contribution in [3.8, 4) is 0 Å². The van der Waals surface area contributed by atoms with Gasteiger partial charge in [0.2, 0.25) is 5.91 Å². The summed E-state index contributed by atoms with van der Waals surface area (Å²) < 4.78 is 0. The highest BCUT2D eigenvalue weighted by Crippen LogP contribution is 2.12. The van der Waals surface area contributed by atoms with E-state index in [1.165, 1.54) is 31.7 Å². The molecule has 0 radical (unpaired) electrons. The highest BCUT2D eigenvalue weighted by Gasteiger charge is 2.05. The van der Waals surface area contributed by atoms with Crippen LogP contribution in [-0.4, -0.2) is 11.7 Å². The van der Waals surface area contributed by atoms with Crippen molar-refractivity contribution in [1.29, 1.82) is 0 Å². The molecule has 3 nitrogen and oxygen atoms in total. The summed E-state index contributed by atoms with van der Waals surface area (Å²) in [6.07, 6.45) is 4.69. The third-order valence-electron chi connectivity index (χ3n) is 2.72. The van der Waals surface area contributed by atoms with Crippen LogP contribution in [0.5, 0.6) is 0 Å². The van der Waals surface area contributed by atoms with Crippen LogP contribution in [0, 0.1) is 0 Å². The second-order valence-corrected chi connectivity index (χ2v) is 4.58. The normalized spacial score (nSPS) is 10.1. The van der Waals surface area contributed by atoms with Crippen molar-refractivity contribution >= 4 is 17.4 Å². The second kappa shape index (κ2) is 7.64. The van der Waals surface area contributed by atoms with Gasteiger partial charge >= 0.3 is 0 Å². The van der Waals surface area contributed by atoms with Crippen LogP contribution in [0.25, 0.3) is 0 Å². The van der Waals surface area contributed by atoms with E-state index in [-0.39, 0.29) is 18.1 Å². The predicted octanol–water partition coefficient (Wildman–Crippen LogP) is 3.34. The lowest BCUT2D eigenvalue weighted by Crippen LogP contribution is -2.14. The molecule has 0 heterocycles. The number of rotatable bonds is 7. The first-order chi connectivity index (χ1) is 8.61. The highest BCUT2D eigenvalue weighted by atomic mass is 16.2. The van der Waals surface area contributed by atoms with Gasteiger partial charge in [0, 0.05) is 5.69 Å². The van der Waals surface area contributed by atoms with Crippen LogP contribution in [-0.2, 0) is 16.0 Å². The number of nitrogens with one attached hydrogen (secondary N) is 1. The van der Waals surface area contributed by atoms with E-state index in [0.29, 0.717) is 0 Å². The Hall–Kier alpha value is -1.64. The number of carbonyl (C=O) groups is 2. The molecule has 18 heavy (non-hydrogen) atoms. The largest absolute Gasteiger partial charge is 0.326 e. The molecule has 98 valence electrons. The highest BCUT2D eigenvalue weighted by molar-refractivity contribution is 6.03.